The second-order valence-electron chi connectivity index (χ2n) is 23.1. The Hall–Kier alpha value is -10.3. The maximum Gasteiger partial charge on any atom is 0.243 e. The lowest BCUT2D eigenvalue weighted by atomic mass is 10.0. The zero-order chi connectivity index (χ0) is 66.9. The van der Waals surface area contributed by atoms with Crippen LogP contribution < -0.4 is 0 Å². The van der Waals surface area contributed by atoms with Gasteiger partial charge in [0.05, 0.1) is 42.4 Å². The Balaban J connectivity index is 1.02. The number of H-pyrrole nitrogens is 2. The first-order chi connectivity index (χ1) is 46.2. The normalized spacial score (nSPS) is 12.8. The molecule has 24 heteroatoms. The Kier molecular flexibility index (Phi) is 17.8. The van der Waals surface area contributed by atoms with Crippen LogP contribution in [0.3, 0.4) is 0 Å². The molecule has 13 rings (SSSR count). The number of fused-ring (bicyclic) bond motifs is 8. The highest BCUT2D eigenvalue weighted by Gasteiger charge is 2.28. The van der Waals surface area contributed by atoms with Crippen molar-refractivity contribution in [3.05, 3.63) is 264 Å². The fourth-order valence-electron chi connectivity index (χ4n) is 11.6. The predicted octanol–water partition coefficient (Wildman–Crippen LogP) is 12.2. The van der Waals surface area contributed by atoms with Crippen LogP contribution in [-0.2, 0) is 66.3 Å². The molecular weight excluding hydrogens is 1290 g/mol. The molecule has 2 N–H and O–H groups in total. The summed E-state index contributed by atoms with van der Waals surface area (Å²) < 4.78 is 119. The van der Waals surface area contributed by atoms with Crippen molar-refractivity contribution in [3.8, 4) is 44.5 Å². The third-order valence-electron chi connectivity index (χ3n) is 16.8. The minimum absolute atomic E-state index is 0.0663. The molecule has 96 heavy (non-hydrogen) atoms. The van der Waals surface area contributed by atoms with Gasteiger partial charge in [-0.05, 0) is 190 Å². The third-order valence-corrected chi connectivity index (χ3v) is 24.0. The van der Waals surface area contributed by atoms with E-state index >= 15 is 0 Å². The molecule has 0 amide bonds. The number of sulfonamides is 4. The van der Waals surface area contributed by atoms with Crippen LogP contribution in [0.2, 0.25) is 0 Å². The van der Waals surface area contributed by atoms with Crippen molar-refractivity contribution in [2.24, 2.45) is 0 Å². The van der Waals surface area contributed by atoms with E-state index in [1.165, 1.54) is 45.4 Å². The lowest BCUT2D eigenvalue weighted by molar-refractivity contribution is 0.466. The van der Waals surface area contributed by atoms with Gasteiger partial charge in [0.15, 0.2) is 0 Å². The van der Waals surface area contributed by atoms with Crippen LogP contribution in [0, 0.1) is 0 Å². The summed E-state index contributed by atoms with van der Waals surface area (Å²) in [6.45, 7) is 0.462. The standard InChI is InChI=1S/C72H62N12O8S4/c1-81(45-49-29-37-73-38-30-49)93(85,86)57-13-5-53(6-14-57)69-61-21-23-63(77-61)70(54-7-15-58(16-8-54)94(87,88)82(2)46-50-31-39-74-40-32-50)65-25-27-67(79-65)72(56-11-19-60(20-12-56)96(91,92)84(4)48-52-35-43-76-44-36-52)68-28-26-66(80-68)71(64-24-22-62(69)78-64)55-9-17-59(18-10-55)95(89,90)83(3)47-51-33-41-75-42-34-51/h5-44,77,80H,45-48H2,1-4H3. The van der Waals surface area contributed by atoms with E-state index in [-0.39, 0.29) is 45.8 Å². The zero-order valence-electron chi connectivity index (χ0n) is 52.3. The van der Waals surface area contributed by atoms with E-state index in [1.807, 2.05) is 48.6 Å². The van der Waals surface area contributed by atoms with Gasteiger partial charge in [-0.25, -0.2) is 43.6 Å². The number of rotatable bonds is 20. The van der Waals surface area contributed by atoms with Crippen LogP contribution in [0.5, 0.6) is 0 Å². The summed E-state index contributed by atoms with van der Waals surface area (Å²) in [4.78, 5) is 34.7. The molecule has 482 valence electrons. The summed E-state index contributed by atoms with van der Waals surface area (Å²) in [6.07, 6.45) is 20.4. The SMILES string of the molecule is CN(Cc1ccncc1)S(=O)(=O)c1ccc(-c2c3nc(c(-c4ccc(S(=O)(=O)N(C)Cc5ccncc5)cc4)c4ccc([nH]4)c(-c4ccc(S(=O)(=O)N(C)Cc5ccncc5)cc4)c4nc(c(-c5ccc(S(=O)(=O)N(C)Cc6ccncc6)cc5)c5ccc2[nH]5)C=C4)C=C3)cc1. The largest absolute Gasteiger partial charge is 0.354 e. The average Bonchev–Trinajstić information content (AvgIpc) is 1.57. The molecule has 4 aromatic carbocycles. The lowest BCUT2D eigenvalue weighted by Crippen LogP contribution is -2.26. The third kappa shape index (κ3) is 13.0. The van der Waals surface area contributed by atoms with Crippen LogP contribution in [0.15, 0.2) is 239 Å². The van der Waals surface area contributed by atoms with Crippen LogP contribution in [0.1, 0.15) is 45.0 Å². The number of nitrogens with zero attached hydrogens (tertiary/aromatic N) is 10. The summed E-state index contributed by atoms with van der Waals surface area (Å²) in [5.74, 6) is 0. The van der Waals surface area contributed by atoms with Gasteiger partial charge >= 0.3 is 0 Å². The van der Waals surface area contributed by atoms with Crippen molar-refractivity contribution in [1.82, 2.24) is 57.1 Å². The topological polar surface area (TPSA) is 258 Å². The predicted molar refractivity (Wildman–Crippen MR) is 372 cm³/mol. The first kappa shape index (κ1) is 64.4. The van der Waals surface area contributed by atoms with Gasteiger partial charge in [-0.15, -0.1) is 0 Å². The van der Waals surface area contributed by atoms with E-state index in [9.17, 15) is 33.7 Å². The summed E-state index contributed by atoms with van der Waals surface area (Å²) in [5, 5.41) is 0. The van der Waals surface area contributed by atoms with Crippen LogP contribution in [0.25, 0.3) is 90.9 Å². The fraction of sp³-hybridized carbons (Fsp3) is 0.111. The number of nitrogens with one attached hydrogen (secondary N) is 2. The molecule has 0 fully saturated rings. The second kappa shape index (κ2) is 26.5. The summed E-state index contributed by atoms with van der Waals surface area (Å²) in [5.41, 5.74) is 12.2. The van der Waals surface area contributed by atoms with Gasteiger partial charge in [0.2, 0.25) is 40.1 Å². The molecule has 20 nitrogen and oxygen atoms in total. The fourth-order valence-corrected chi connectivity index (χ4v) is 16.3. The summed E-state index contributed by atoms with van der Waals surface area (Å²) in [7, 11) is -9.86. The summed E-state index contributed by atoms with van der Waals surface area (Å²) in [6, 6.07) is 48.1. The smallest absolute Gasteiger partial charge is 0.243 e. The van der Waals surface area contributed by atoms with E-state index in [1.54, 1.807) is 195 Å². The maximum absolute atomic E-state index is 14.2. The zero-order valence-corrected chi connectivity index (χ0v) is 55.6. The van der Waals surface area contributed by atoms with E-state index in [0.29, 0.717) is 89.4 Å². The van der Waals surface area contributed by atoms with Crippen LogP contribution in [0.4, 0.5) is 0 Å². The first-order valence-corrected chi connectivity index (χ1v) is 36.0. The molecule has 0 unspecified atom stereocenters. The molecule has 8 bridgehead atoms. The monoisotopic (exact) mass is 1350 g/mol. The molecule has 7 aromatic heterocycles. The van der Waals surface area contributed by atoms with Crippen molar-refractivity contribution in [2.75, 3.05) is 28.2 Å². The number of hydrogen-bond acceptors (Lipinski definition) is 14. The van der Waals surface area contributed by atoms with Gasteiger partial charge in [-0.3, -0.25) is 19.9 Å². The molecule has 0 saturated carbocycles. The van der Waals surface area contributed by atoms with Crippen LogP contribution >= 0.6 is 0 Å². The molecule has 2 aliphatic heterocycles. The number of pyridine rings is 4. The van der Waals surface area contributed by atoms with E-state index in [4.69, 9.17) is 9.97 Å². The lowest BCUT2D eigenvalue weighted by Gasteiger charge is -2.17. The molecule has 0 radical (unpaired) electrons. The minimum Gasteiger partial charge on any atom is -0.354 e. The highest BCUT2D eigenvalue weighted by Crippen LogP contribution is 2.40. The Bertz CT molecular complexity index is 4780. The Morgan fingerprint density at radius 2 is 0.458 bits per heavy atom. The second-order valence-corrected chi connectivity index (χ2v) is 31.2. The van der Waals surface area contributed by atoms with E-state index < -0.39 is 40.1 Å². The molecule has 0 aliphatic carbocycles. The molecule has 0 atom stereocenters. The maximum atomic E-state index is 14.2. The molecular formula is C72H62N12O8S4. The van der Waals surface area contributed by atoms with Gasteiger partial charge < -0.3 is 9.97 Å². The molecule has 0 saturated heterocycles. The quantitative estimate of drug-likeness (QED) is 0.0719. The Morgan fingerprint density at radius 3 is 0.646 bits per heavy atom. The number of aromatic amines is 2. The summed E-state index contributed by atoms with van der Waals surface area (Å²) >= 11 is 0. The average molecular weight is 1350 g/mol. The first-order valence-electron chi connectivity index (χ1n) is 30.2. The van der Waals surface area contributed by atoms with Crippen molar-refractivity contribution in [2.45, 2.75) is 45.8 Å². The minimum atomic E-state index is -3.99. The van der Waals surface area contributed by atoms with Gasteiger partial charge in [-0.1, -0.05) is 48.5 Å². The van der Waals surface area contributed by atoms with E-state index in [0.717, 1.165) is 22.3 Å². The molecule has 11 aromatic rings. The van der Waals surface area contributed by atoms with Gasteiger partial charge in [0.1, 0.15) is 0 Å². The molecule has 2 aliphatic rings. The number of hydrogen-bond donors (Lipinski definition) is 2. The van der Waals surface area contributed by atoms with Crippen molar-refractivity contribution < 1.29 is 33.7 Å². The number of aromatic nitrogens is 8. The van der Waals surface area contributed by atoms with E-state index in [2.05, 4.69) is 29.9 Å². The molecule has 9 heterocycles. The molecule has 0 spiro atoms. The van der Waals surface area contributed by atoms with Gasteiger partial charge in [0.25, 0.3) is 0 Å². The van der Waals surface area contributed by atoms with Crippen molar-refractivity contribution >= 4 is 86.5 Å². The van der Waals surface area contributed by atoms with Gasteiger partial charge in [-0.2, -0.15) is 17.2 Å². The number of benzene rings is 4. The highest BCUT2D eigenvalue weighted by atomic mass is 32.2. The van der Waals surface area contributed by atoms with Crippen molar-refractivity contribution in [1.29, 1.82) is 0 Å². The van der Waals surface area contributed by atoms with Crippen LogP contribution in [-0.4, -0.2) is 119 Å². The Labute approximate surface area is 556 Å². The van der Waals surface area contributed by atoms with Gasteiger partial charge in [0, 0.05) is 148 Å². The Morgan fingerprint density at radius 1 is 0.271 bits per heavy atom. The van der Waals surface area contributed by atoms with Crippen molar-refractivity contribution in [3.63, 3.8) is 0 Å². The highest BCUT2D eigenvalue weighted by molar-refractivity contribution is 7.90.